The van der Waals surface area contributed by atoms with Gasteiger partial charge in [-0.15, -0.1) is 0 Å². The zero-order valence-corrected chi connectivity index (χ0v) is 12.8. The molecule has 1 atom stereocenters. The molecule has 4 heteroatoms. The van der Waals surface area contributed by atoms with Gasteiger partial charge in [0.25, 0.3) is 0 Å². The number of nitrogens with zero attached hydrogens (tertiary/aromatic N) is 1. The monoisotopic (exact) mass is 260 g/mol. The van der Waals surface area contributed by atoms with Gasteiger partial charge in [-0.2, -0.15) is 0 Å². The van der Waals surface area contributed by atoms with Crippen molar-refractivity contribution in [2.45, 2.75) is 46.6 Å². The van der Waals surface area contributed by atoms with Crippen LogP contribution in [-0.2, 0) is 4.74 Å². The highest BCUT2D eigenvalue weighted by molar-refractivity contribution is 7.80. The molecule has 0 bridgehead atoms. The Balaban J connectivity index is 4.20. The fraction of sp³-hybridized carbons (Fsp3) is 0.923. The molecule has 0 aliphatic heterocycles. The molecule has 0 spiro atoms. The first kappa shape index (κ1) is 16.6. The fourth-order valence-corrected chi connectivity index (χ4v) is 2.21. The van der Waals surface area contributed by atoms with Crippen molar-refractivity contribution in [2.75, 3.05) is 26.8 Å². The third-order valence-electron chi connectivity index (χ3n) is 3.09. The molecule has 17 heavy (non-hydrogen) atoms. The van der Waals surface area contributed by atoms with E-state index in [4.69, 9.17) is 17.0 Å². The Morgan fingerprint density at radius 2 is 1.88 bits per heavy atom. The van der Waals surface area contributed by atoms with Crippen LogP contribution in [-0.4, -0.2) is 42.9 Å². The summed E-state index contributed by atoms with van der Waals surface area (Å²) in [6, 6.07) is 0.267. The Kier molecular flexibility index (Phi) is 9.46. The summed E-state index contributed by atoms with van der Waals surface area (Å²) < 4.78 is 5.10. The summed E-state index contributed by atoms with van der Waals surface area (Å²) in [5.41, 5.74) is 0. The fourth-order valence-electron chi connectivity index (χ4n) is 1.81. The predicted octanol–water partition coefficient (Wildman–Crippen LogP) is 2.65. The quantitative estimate of drug-likeness (QED) is 0.678. The summed E-state index contributed by atoms with van der Waals surface area (Å²) in [5.74, 6) is 0.729. The number of rotatable bonds is 8. The highest BCUT2D eigenvalue weighted by Gasteiger charge is 2.14. The Bertz CT molecular complexity index is 208. The lowest BCUT2D eigenvalue weighted by Gasteiger charge is -2.29. The second-order valence-corrected chi connectivity index (χ2v) is 4.91. The van der Waals surface area contributed by atoms with Crippen molar-refractivity contribution < 1.29 is 4.74 Å². The van der Waals surface area contributed by atoms with E-state index in [1.54, 1.807) is 7.11 Å². The molecule has 1 N–H and O–H groups in total. The second kappa shape index (κ2) is 9.66. The zero-order chi connectivity index (χ0) is 13.3. The van der Waals surface area contributed by atoms with Crippen LogP contribution >= 0.6 is 12.2 Å². The first-order valence-electron chi connectivity index (χ1n) is 6.63. The van der Waals surface area contributed by atoms with Crippen molar-refractivity contribution in [1.82, 2.24) is 10.2 Å². The molecule has 0 aromatic rings. The minimum atomic E-state index is 0.267. The van der Waals surface area contributed by atoms with Crippen LogP contribution in [0.25, 0.3) is 0 Å². The average Bonchev–Trinajstić information content (AvgIpc) is 2.30. The van der Waals surface area contributed by atoms with Crippen LogP contribution in [0.2, 0.25) is 0 Å². The molecule has 0 saturated heterocycles. The molecule has 0 rings (SSSR count). The van der Waals surface area contributed by atoms with Gasteiger partial charge in [0, 0.05) is 26.2 Å². The van der Waals surface area contributed by atoms with Gasteiger partial charge in [-0.3, -0.25) is 0 Å². The zero-order valence-electron chi connectivity index (χ0n) is 12.0. The third kappa shape index (κ3) is 6.84. The van der Waals surface area contributed by atoms with Gasteiger partial charge in [-0.1, -0.05) is 26.7 Å². The van der Waals surface area contributed by atoms with E-state index >= 15 is 0 Å². The van der Waals surface area contributed by atoms with E-state index in [1.807, 2.05) is 0 Å². The summed E-state index contributed by atoms with van der Waals surface area (Å²) in [6.07, 6.45) is 2.42. The lowest BCUT2D eigenvalue weighted by Crippen LogP contribution is -2.46. The van der Waals surface area contributed by atoms with Crippen LogP contribution in [0.4, 0.5) is 0 Å². The molecule has 0 fully saturated rings. The van der Waals surface area contributed by atoms with E-state index in [0.717, 1.165) is 24.1 Å². The van der Waals surface area contributed by atoms with Crippen LogP contribution in [0.5, 0.6) is 0 Å². The number of nitrogens with one attached hydrogen (secondary N) is 1. The third-order valence-corrected chi connectivity index (χ3v) is 3.46. The van der Waals surface area contributed by atoms with E-state index in [-0.39, 0.29) is 6.04 Å². The number of methoxy groups -OCH3 is 1. The maximum absolute atomic E-state index is 5.44. The molecule has 1 unspecified atom stereocenters. The standard InChI is InChI=1S/C13H28N2OS/c1-6-12(7-2)9-15(8-3)13(17)14-11(4)10-16-5/h11-12H,6-10H2,1-5H3,(H,14,17). The largest absolute Gasteiger partial charge is 0.383 e. The molecule has 0 aromatic carbocycles. The molecule has 0 saturated carbocycles. The van der Waals surface area contributed by atoms with Crippen LogP contribution in [0.3, 0.4) is 0 Å². The summed E-state index contributed by atoms with van der Waals surface area (Å²) in [6.45, 7) is 11.4. The van der Waals surface area contributed by atoms with Crippen molar-refractivity contribution in [2.24, 2.45) is 5.92 Å². The maximum atomic E-state index is 5.44. The van der Waals surface area contributed by atoms with E-state index in [1.165, 1.54) is 12.8 Å². The van der Waals surface area contributed by atoms with Gasteiger partial charge in [0.15, 0.2) is 5.11 Å². The molecule has 0 aliphatic rings. The van der Waals surface area contributed by atoms with Gasteiger partial charge in [0.1, 0.15) is 0 Å². The lowest BCUT2D eigenvalue weighted by molar-refractivity contribution is 0.177. The minimum Gasteiger partial charge on any atom is -0.383 e. The Morgan fingerprint density at radius 1 is 1.29 bits per heavy atom. The van der Waals surface area contributed by atoms with Gasteiger partial charge < -0.3 is 15.0 Å². The van der Waals surface area contributed by atoms with Crippen molar-refractivity contribution >= 4 is 17.3 Å². The van der Waals surface area contributed by atoms with Gasteiger partial charge in [0.2, 0.25) is 0 Å². The van der Waals surface area contributed by atoms with Gasteiger partial charge in [-0.05, 0) is 32.0 Å². The summed E-state index contributed by atoms with van der Waals surface area (Å²) in [7, 11) is 1.71. The molecule has 0 amide bonds. The predicted molar refractivity (Wildman–Crippen MR) is 78.4 cm³/mol. The summed E-state index contributed by atoms with van der Waals surface area (Å²) >= 11 is 5.44. The van der Waals surface area contributed by atoms with Crippen molar-refractivity contribution in [1.29, 1.82) is 0 Å². The van der Waals surface area contributed by atoms with Crippen LogP contribution in [0, 0.1) is 5.92 Å². The van der Waals surface area contributed by atoms with E-state index in [0.29, 0.717) is 6.61 Å². The highest BCUT2D eigenvalue weighted by Crippen LogP contribution is 2.10. The van der Waals surface area contributed by atoms with Gasteiger partial charge >= 0.3 is 0 Å². The Hall–Kier alpha value is -0.350. The van der Waals surface area contributed by atoms with E-state index in [2.05, 4.69) is 37.9 Å². The molecular weight excluding hydrogens is 232 g/mol. The number of ether oxygens (including phenoxy) is 1. The summed E-state index contributed by atoms with van der Waals surface area (Å²) in [4.78, 5) is 2.25. The van der Waals surface area contributed by atoms with Crippen LogP contribution in [0.15, 0.2) is 0 Å². The van der Waals surface area contributed by atoms with Crippen molar-refractivity contribution in [3.63, 3.8) is 0 Å². The normalized spacial score (nSPS) is 12.6. The molecule has 0 radical (unpaired) electrons. The average molecular weight is 260 g/mol. The smallest absolute Gasteiger partial charge is 0.169 e. The van der Waals surface area contributed by atoms with Crippen LogP contribution < -0.4 is 5.32 Å². The number of hydrogen-bond acceptors (Lipinski definition) is 2. The molecule has 0 heterocycles. The number of hydrogen-bond donors (Lipinski definition) is 1. The topological polar surface area (TPSA) is 24.5 Å². The summed E-state index contributed by atoms with van der Waals surface area (Å²) in [5, 5.41) is 4.17. The highest BCUT2D eigenvalue weighted by atomic mass is 32.1. The van der Waals surface area contributed by atoms with Gasteiger partial charge in [-0.25, -0.2) is 0 Å². The first-order chi connectivity index (χ1) is 8.08. The molecule has 0 aliphatic carbocycles. The molecular formula is C13H28N2OS. The SMILES string of the molecule is CCC(CC)CN(CC)C(=S)NC(C)COC. The number of thiocarbonyl (C=S) groups is 1. The van der Waals surface area contributed by atoms with Crippen molar-refractivity contribution in [3.05, 3.63) is 0 Å². The van der Waals surface area contributed by atoms with Gasteiger partial charge in [0.05, 0.1) is 6.61 Å². The van der Waals surface area contributed by atoms with E-state index < -0.39 is 0 Å². The first-order valence-corrected chi connectivity index (χ1v) is 7.04. The molecule has 0 aromatic heterocycles. The Morgan fingerprint density at radius 3 is 2.29 bits per heavy atom. The Labute approximate surface area is 112 Å². The second-order valence-electron chi connectivity index (χ2n) is 4.53. The van der Waals surface area contributed by atoms with Crippen molar-refractivity contribution in [3.8, 4) is 0 Å². The molecule has 3 nitrogen and oxygen atoms in total. The van der Waals surface area contributed by atoms with E-state index in [9.17, 15) is 0 Å². The minimum absolute atomic E-state index is 0.267. The molecule has 102 valence electrons. The lowest BCUT2D eigenvalue weighted by atomic mass is 10.0. The maximum Gasteiger partial charge on any atom is 0.169 e. The van der Waals surface area contributed by atoms with Crippen LogP contribution in [0.1, 0.15) is 40.5 Å².